The average Bonchev–Trinajstić information content (AvgIpc) is 2.49. The van der Waals surface area contributed by atoms with Crippen LogP contribution in [0, 0.1) is 6.92 Å². The fourth-order valence-electron chi connectivity index (χ4n) is 1.67. The first kappa shape index (κ1) is 8.81. The van der Waals surface area contributed by atoms with Crippen molar-refractivity contribution in [1.82, 2.24) is 4.98 Å². The zero-order chi connectivity index (χ0) is 10.1. The molecular weight excluding hydrogens is 178 g/mol. The Morgan fingerprint density at radius 2 is 2.29 bits per heavy atom. The van der Waals surface area contributed by atoms with Gasteiger partial charge < -0.3 is 14.9 Å². The number of aryl methyl sites for hydroxylation is 1. The van der Waals surface area contributed by atoms with Gasteiger partial charge in [-0.3, -0.25) is 0 Å². The van der Waals surface area contributed by atoms with Gasteiger partial charge >= 0.3 is 0 Å². The van der Waals surface area contributed by atoms with Gasteiger partial charge in [-0.15, -0.1) is 0 Å². The van der Waals surface area contributed by atoms with Crippen LogP contribution in [0.1, 0.15) is 11.1 Å². The Bertz CT molecular complexity index is 485. The number of rotatable bonds is 2. The highest BCUT2D eigenvalue weighted by molar-refractivity contribution is 5.88. The van der Waals surface area contributed by atoms with Crippen molar-refractivity contribution in [1.29, 1.82) is 0 Å². The SMILES string of the molecule is Cc1cccc2c(CC(=O)[O-])c[nH]c12. The standard InChI is InChI=1S/C11H11NO2/c1-7-3-2-4-9-8(5-10(13)14)6-12-11(7)9/h2-4,6,12H,5H2,1H3,(H,13,14)/p-1. The quantitative estimate of drug-likeness (QED) is 0.756. The van der Waals surface area contributed by atoms with Crippen molar-refractivity contribution >= 4 is 16.9 Å². The summed E-state index contributed by atoms with van der Waals surface area (Å²) < 4.78 is 0. The largest absolute Gasteiger partial charge is 0.550 e. The van der Waals surface area contributed by atoms with E-state index in [-0.39, 0.29) is 6.42 Å². The first-order chi connectivity index (χ1) is 6.68. The van der Waals surface area contributed by atoms with Crippen LogP contribution in [-0.4, -0.2) is 11.0 Å². The smallest absolute Gasteiger partial charge is 0.0486 e. The first-order valence-electron chi connectivity index (χ1n) is 4.44. The second-order valence-electron chi connectivity index (χ2n) is 3.36. The van der Waals surface area contributed by atoms with Gasteiger partial charge in [-0.1, -0.05) is 18.2 Å². The molecule has 0 atom stereocenters. The molecule has 2 aromatic rings. The third kappa shape index (κ3) is 1.37. The first-order valence-corrected chi connectivity index (χ1v) is 4.44. The summed E-state index contributed by atoms with van der Waals surface area (Å²) in [4.78, 5) is 13.5. The zero-order valence-electron chi connectivity index (χ0n) is 7.83. The average molecular weight is 188 g/mol. The molecule has 3 nitrogen and oxygen atoms in total. The molecule has 0 aliphatic rings. The summed E-state index contributed by atoms with van der Waals surface area (Å²) in [6, 6.07) is 5.82. The number of fused-ring (bicyclic) bond motifs is 1. The van der Waals surface area contributed by atoms with Crippen LogP contribution < -0.4 is 5.11 Å². The molecule has 1 N–H and O–H groups in total. The number of carbonyl (C=O) groups excluding carboxylic acids is 1. The lowest BCUT2D eigenvalue weighted by atomic mass is 10.1. The van der Waals surface area contributed by atoms with Gasteiger partial charge in [0.15, 0.2) is 0 Å². The molecule has 0 unspecified atom stereocenters. The molecule has 0 amide bonds. The summed E-state index contributed by atoms with van der Waals surface area (Å²) in [6.07, 6.45) is 1.69. The zero-order valence-corrected chi connectivity index (χ0v) is 7.83. The van der Waals surface area contributed by atoms with Crippen molar-refractivity contribution in [2.75, 3.05) is 0 Å². The van der Waals surface area contributed by atoms with E-state index in [9.17, 15) is 9.90 Å². The Labute approximate surface area is 81.4 Å². The highest BCUT2D eigenvalue weighted by Crippen LogP contribution is 2.21. The number of H-pyrrole nitrogens is 1. The van der Waals surface area contributed by atoms with E-state index in [4.69, 9.17) is 0 Å². The van der Waals surface area contributed by atoms with Crippen molar-refractivity contribution in [2.45, 2.75) is 13.3 Å². The number of benzene rings is 1. The predicted molar refractivity (Wildman–Crippen MR) is 51.7 cm³/mol. The molecule has 0 saturated heterocycles. The van der Waals surface area contributed by atoms with Gasteiger partial charge in [-0.25, -0.2) is 0 Å². The van der Waals surface area contributed by atoms with E-state index in [2.05, 4.69) is 4.98 Å². The number of nitrogens with one attached hydrogen (secondary N) is 1. The molecule has 2 rings (SSSR count). The van der Waals surface area contributed by atoms with Crippen molar-refractivity contribution in [3.63, 3.8) is 0 Å². The Morgan fingerprint density at radius 3 is 3.00 bits per heavy atom. The van der Waals surface area contributed by atoms with Gasteiger partial charge in [-0.05, 0) is 18.1 Å². The van der Waals surface area contributed by atoms with Crippen LogP contribution in [0.25, 0.3) is 10.9 Å². The molecule has 72 valence electrons. The fourth-order valence-corrected chi connectivity index (χ4v) is 1.67. The number of carboxylic acid groups (broad SMARTS) is 1. The summed E-state index contributed by atoms with van der Waals surface area (Å²) in [5.74, 6) is -1.05. The summed E-state index contributed by atoms with van der Waals surface area (Å²) in [5, 5.41) is 11.4. The Morgan fingerprint density at radius 1 is 1.50 bits per heavy atom. The van der Waals surface area contributed by atoms with Crippen LogP contribution in [0.3, 0.4) is 0 Å². The van der Waals surface area contributed by atoms with Crippen LogP contribution in [-0.2, 0) is 11.2 Å². The van der Waals surface area contributed by atoms with Gasteiger partial charge in [0.05, 0.1) is 0 Å². The number of aromatic nitrogens is 1. The van der Waals surface area contributed by atoms with Crippen molar-refractivity contribution < 1.29 is 9.90 Å². The maximum Gasteiger partial charge on any atom is 0.0486 e. The van der Waals surface area contributed by atoms with Crippen molar-refractivity contribution in [3.8, 4) is 0 Å². The molecule has 3 heteroatoms. The predicted octanol–water partition coefficient (Wildman–Crippen LogP) is 0.769. The topological polar surface area (TPSA) is 55.9 Å². The summed E-state index contributed by atoms with van der Waals surface area (Å²) in [5.41, 5.74) is 2.90. The van der Waals surface area contributed by atoms with Crippen LogP contribution in [0.2, 0.25) is 0 Å². The molecule has 1 aromatic carbocycles. The van der Waals surface area contributed by atoms with Gasteiger partial charge in [-0.2, -0.15) is 0 Å². The third-order valence-electron chi connectivity index (χ3n) is 2.34. The number of carboxylic acids is 1. The van der Waals surface area contributed by atoms with Crippen LogP contribution >= 0.6 is 0 Å². The molecule has 0 aliphatic heterocycles. The van der Waals surface area contributed by atoms with E-state index in [1.165, 1.54) is 0 Å². The molecular formula is C11H10NO2-. The molecule has 0 fully saturated rings. The molecule has 0 aliphatic carbocycles. The molecule has 0 bridgehead atoms. The summed E-state index contributed by atoms with van der Waals surface area (Å²) in [7, 11) is 0. The minimum absolute atomic E-state index is 0.0382. The van der Waals surface area contributed by atoms with E-state index in [1.807, 2.05) is 25.1 Å². The minimum atomic E-state index is -1.05. The second-order valence-corrected chi connectivity index (χ2v) is 3.36. The van der Waals surface area contributed by atoms with Crippen LogP contribution in [0.15, 0.2) is 24.4 Å². The van der Waals surface area contributed by atoms with Crippen molar-refractivity contribution in [3.05, 3.63) is 35.5 Å². The van der Waals surface area contributed by atoms with Crippen molar-refractivity contribution in [2.24, 2.45) is 0 Å². The second kappa shape index (κ2) is 3.18. The monoisotopic (exact) mass is 188 g/mol. The van der Waals surface area contributed by atoms with Crippen LogP contribution in [0.4, 0.5) is 0 Å². The van der Waals surface area contributed by atoms with Crippen LogP contribution in [0.5, 0.6) is 0 Å². The highest BCUT2D eigenvalue weighted by atomic mass is 16.4. The summed E-state index contributed by atoms with van der Waals surface area (Å²) in [6.45, 7) is 1.99. The molecule has 1 heterocycles. The molecule has 0 saturated carbocycles. The highest BCUT2D eigenvalue weighted by Gasteiger charge is 2.04. The van der Waals surface area contributed by atoms with Gasteiger partial charge in [0.1, 0.15) is 0 Å². The van der Waals surface area contributed by atoms with E-state index in [0.29, 0.717) is 0 Å². The molecule has 0 spiro atoms. The Kier molecular flexibility index (Phi) is 2.00. The lowest BCUT2D eigenvalue weighted by Gasteiger charge is -2.00. The van der Waals surface area contributed by atoms with E-state index in [0.717, 1.165) is 22.0 Å². The molecule has 1 aromatic heterocycles. The number of carbonyl (C=O) groups is 1. The fraction of sp³-hybridized carbons (Fsp3) is 0.182. The Hall–Kier alpha value is -1.77. The molecule has 14 heavy (non-hydrogen) atoms. The number of para-hydroxylation sites is 1. The number of hydrogen-bond acceptors (Lipinski definition) is 2. The number of aromatic amines is 1. The van der Waals surface area contributed by atoms with E-state index >= 15 is 0 Å². The van der Waals surface area contributed by atoms with E-state index in [1.54, 1.807) is 6.20 Å². The maximum atomic E-state index is 10.5. The maximum absolute atomic E-state index is 10.5. The summed E-state index contributed by atoms with van der Waals surface area (Å²) >= 11 is 0. The molecule has 0 radical (unpaired) electrons. The lowest BCUT2D eigenvalue weighted by Crippen LogP contribution is -2.24. The number of hydrogen-bond donors (Lipinski definition) is 1. The lowest BCUT2D eigenvalue weighted by molar-refractivity contribution is -0.304. The van der Waals surface area contributed by atoms with E-state index < -0.39 is 5.97 Å². The Balaban J connectivity index is 2.58. The number of aliphatic carboxylic acids is 1. The van der Waals surface area contributed by atoms with Gasteiger partial charge in [0.25, 0.3) is 0 Å². The normalized spacial score (nSPS) is 10.6. The minimum Gasteiger partial charge on any atom is -0.550 e. The van der Waals surface area contributed by atoms with Gasteiger partial charge in [0, 0.05) is 29.5 Å². The van der Waals surface area contributed by atoms with Gasteiger partial charge in [0.2, 0.25) is 0 Å². The third-order valence-corrected chi connectivity index (χ3v) is 2.34.